The van der Waals surface area contributed by atoms with Gasteiger partial charge < -0.3 is 14.9 Å². The van der Waals surface area contributed by atoms with E-state index in [0.29, 0.717) is 16.1 Å². The van der Waals surface area contributed by atoms with Gasteiger partial charge in [0.05, 0.1) is 10.2 Å². The largest absolute Gasteiger partial charge is 0.433 e. The molecular formula is C22H16N2O3S. The average molecular weight is 388 g/mol. The van der Waals surface area contributed by atoms with Crippen LogP contribution in [0.2, 0.25) is 0 Å². The molecule has 4 aromatic rings. The summed E-state index contributed by atoms with van der Waals surface area (Å²) in [5.41, 5.74) is -0.367. The van der Waals surface area contributed by atoms with Crippen LogP contribution in [0.3, 0.4) is 0 Å². The molecule has 0 aliphatic carbocycles. The molecule has 0 bridgehead atoms. The summed E-state index contributed by atoms with van der Waals surface area (Å²) in [4.78, 5) is 8.99. The lowest BCUT2D eigenvalue weighted by Gasteiger charge is -2.34. The Morgan fingerprint density at radius 1 is 0.750 bits per heavy atom. The van der Waals surface area contributed by atoms with Gasteiger partial charge in [-0.05, 0) is 12.1 Å². The van der Waals surface area contributed by atoms with Crippen molar-refractivity contribution >= 4 is 27.5 Å². The quantitative estimate of drug-likeness (QED) is 0.560. The number of aliphatic imine (C=N–C) groups is 1. The third kappa shape index (κ3) is 2.46. The van der Waals surface area contributed by atoms with E-state index >= 15 is 0 Å². The third-order valence-corrected chi connectivity index (χ3v) is 5.82. The van der Waals surface area contributed by atoms with Gasteiger partial charge in [-0.25, -0.2) is 9.98 Å². The maximum atomic E-state index is 11.6. The smallest absolute Gasteiger partial charge is 0.291 e. The molecule has 3 aromatic carbocycles. The minimum Gasteiger partial charge on any atom is -0.433 e. The van der Waals surface area contributed by atoms with E-state index in [4.69, 9.17) is 4.74 Å². The number of benzene rings is 3. The van der Waals surface area contributed by atoms with E-state index in [1.54, 1.807) is 48.5 Å². The van der Waals surface area contributed by atoms with Crippen molar-refractivity contribution < 1.29 is 14.9 Å². The first kappa shape index (κ1) is 17.1. The van der Waals surface area contributed by atoms with E-state index in [2.05, 4.69) is 9.98 Å². The molecule has 0 spiro atoms. The Balaban J connectivity index is 1.69. The van der Waals surface area contributed by atoms with Gasteiger partial charge in [-0.2, -0.15) is 0 Å². The molecule has 1 aromatic heterocycles. The van der Waals surface area contributed by atoms with E-state index in [1.165, 1.54) is 11.3 Å². The number of fused-ring (bicyclic) bond motifs is 1. The number of aliphatic hydroxyl groups is 2. The number of thiazole rings is 1. The minimum absolute atomic E-state index is 0.110. The van der Waals surface area contributed by atoms with Gasteiger partial charge >= 0.3 is 0 Å². The zero-order chi connectivity index (χ0) is 19.2. The summed E-state index contributed by atoms with van der Waals surface area (Å²) in [6, 6.07) is 25.3. The Morgan fingerprint density at radius 2 is 1.36 bits per heavy atom. The van der Waals surface area contributed by atoms with Crippen LogP contribution in [0.25, 0.3) is 10.2 Å². The Labute approximate surface area is 165 Å². The molecule has 0 amide bonds. The van der Waals surface area contributed by atoms with Crippen molar-refractivity contribution in [2.24, 2.45) is 4.99 Å². The molecule has 0 fully saturated rings. The Hall–Kier alpha value is -3.06. The standard InChI is InChI=1S/C22H16N2O3S/c25-21(15-9-3-1-4-10-15)22(26,16-11-5-2-6-12-16)27-19(24-21)20-23-17-13-7-8-14-18(17)28-20/h1-14,25-26H/t21-,22-/m1/s1. The van der Waals surface area contributed by atoms with Crippen LogP contribution >= 0.6 is 11.3 Å². The number of para-hydroxylation sites is 1. The molecule has 0 saturated carbocycles. The molecule has 1 aliphatic heterocycles. The van der Waals surface area contributed by atoms with Gasteiger partial charge in [-0.3, -0.25) is 0 Å². The molecule has 0 radical (unpaired) electrons. The number of hydrogen-bond donors (Lipinski definition) is 2. The monoisotopic (exact) mass is 388 g/mol. The van der Waals surface area contributed by atoms with Gasteiger partial charge in [0.15, 0.2) is 5.01 Å². The second-order valence-corrected chi connectivity index (χ2v) is 7.58. The number of rotatable bonds is 3. The van der Waals surface area contributed by atoms with Crippen LogP contribution < -0.4 is 0 Å². The van der Waals surface area contributed by atoms with Gasteiger partial charge in [0, 0.05) is 11.1 Å². The van der Waals surface area contributed by atoms with E-state index in [1.807, 2.05) is 36.4 Å². The molecule has 5 nitrogen and oxygen atoms in total. The summed E-state index contributed by atoms with van der Waals surface area (Å²) in [6.45, 7) is 0. The maximum Gasteiger partial charge on any atom is 0.291 e. The first-order valence-electron chi connectivity index (χ1n) is 8.81. The van der Waals surface area contributed by atoms with Crippen LogP contribution in [0.15, 0.2) is 89.9 Å². The first-order valence-corrected chi connectivity index (χ1v) is 9.62. The predicted molar refractivity (Wildman–Crippen MR) is 108 cm³/mol. The van der Waals surface area contributed by atoms with Crippen LogP contribution in [0, 0.1) is 0 Å². The van der Waals surface area contributed by atoms with Crippen LogP contribution in [-0.2, 0) is 16.2 Å². The number of nitrogens with zero attached hydrogens (tertiary/aromatic N) is 2. The van der Waals surface area contributed by atoms with Gasteiger partial charge in [0.1, 0.15) is 0 Å². The molecule has 138 valence electrons. The van der Waals surface area contributed by atoms with Gasteiger partial charge in [0.2, 0.25) is 0 Å². The Bertz CT molecular complexity index is 1140. The highest BCUT2D eigenvalue weighted by Crippen LogP contribution is 2.48. The maximum absolute atomic E-state index is 11.6. The molecule has 6 heteroatoms. The lowest BCUT2D eigenvalue weighted by atomic mass is 9.89. The Morgan fingerprint density at radius 3 is 2.04 bits per heavy atom. The van der Waals surface area contributed by atoms with E-state index in [-0.39, 0.29) is 5.90 Å². The summed E-state index contributed by atoms with van der Waals surface area (Å²) in [7, 11) is 0. The average Bonchev–Trinajstić information content (AvgIpc) is 3.30. The molecule has 1 aliphatic rings. The summed E-state index contributed by atoms with van der Waals surface area (Å²) in [5, 5.41) is 23.6. The van der Waals surface area contributed by atoms with E-state index < -0.39 is 11.5 Å². The molecular weight excluding hydrogens is 372 g/mol. The highest BCUT2D eigenvalue weighted by atomic mass is 32.1. The lowest BCUT2D eigenvalue weighted by Crippen LogP contribution is -2.46. The summed E-state index contributed by atoms with van der Waals surface area (Å²) in [6.07, 6.45) is 0. The van der Waals surface area contributed by atoms with Crippen LogP contribution in [-0.4, -0.2) is 21.1 Å². The predicted octanol–water partition coefficient (Wildman–Crippen LogP) is 3.76. The number of aromatic nitrogens is 1. The fourth-order valence-electron chi connectivity index (χ4n) is 3.37. The van der Waals surface area contributed by atoms with Crippen molar-refractivity contribution in [2.75, 3.05) is 0 Å². The van der Waals surface area contributed by atoms with E-state index in [0.717, 1.165) is 10.2 Å². The van der Waals surface area contributed by atoms with E-state index in [9.17, 15) is 10.2 Å². The van der Waals surface area contributed by atoms with Crippen LogP contribution in [0.5, 0.6) is 0 Å². The molecule has 0 saturated heterocycles. The first-order chi connectivity index (χ1) is 13.6. The second kappa shape index (κ2) is 6.24. The molecule has 2 N–H and O–H groups in total. The fourth-order valence-corrected chi connectivity index (χ4v) is 4.26. The molecule has 2 atom stereocenters. The van der Waals surface area contributed by atoms with Crippen molar-refractivity contribution in [3.8, 4) is 0 Å². The van der Waals surface area contributed by atoms with Gasteiger partial charge in [0.25, 0.3) is 17.4 Å². The normalized spacial score (nSPS) is 24.1. The summed E-state index contributed by atoms with van der Waals surface area (Å²) < 4.78 is 6.90. The minimum atomic E-state index is -2.08. The van der Waals surface area contributed by atoms with Crippen LogP contribution in [0.4, 0.5) is 0 Å². The highest BCUT2D eigenvalue weighted by Gasteiger charge is 2.60. The van der Waals surface area contributed by atoms with Crippen molar-refractivity contribution in [3.05, 3.63) is 101 Å². The highest BCUT2D eigenvalue weighted by molar-refractivity contribution is 7.20. The van der Waals surface area contributed by atoms with Crippen molar-refractivity contribution in [3.63, 3.8) is 0 Å². The van der Waals surface area contributed by atoms with Gasteiger partial charge in [-0.15, -0.1) is 11.3 Å². The lowest BCUT2D eigenvalue weighted by molar-refractivity contribution is -0.259. The Kier molecular flexibility index (Phi) is 3.80. The molecule has 28 heavy (non-hydrogen) atoms. The second-order valence-electron chi connectivity index (χ2n) is 6.55. The van der Waals surface area contributed by atoms with Crippen molar-refractivity contribution in [2.45, 2.75) is 11.5 Å². The SMILES string of the molecule is O[C@@]1(c2ccccc2)N=C(c2nc3ccccc3s2)O[C@]1(O)c1ccccc1. The topological polar surface area (TPSA) is 74.9 Å². The van der Waals surface area contributed by atoms with Crippen molar-refractivity contribution in [1.82, 2.24) is 4.98 Å². The van der Waals surface area contributed by atoms with Crippen LogP contribution in [0.1, 0.15) is 16.1 Å². The van der Waals surface area contributed by atoms with Crippen molar-refractivity contribution in [1.29, 1.82) is 0 Å². The molecule has 0 unspecified atom stereocenters. The van der Waals surface area contributed by atoms with Gasteiger partial charge in [-0.1, -0.05) is 72.8 Å². The number of hydrogen-bond acceptors (Lipinski definition) is 6. The zero-order valence-electron chi connectivity index (χ0n) is 14.7. The molecule has 2 heterocycles. The zero-order valence-corrected chi connectivity index (χ0v) is 15.5. The number of ether oxygens (including phenoxy) is 1. The summed E-state index contributed by atoms with van der Waals surface area (Å²) in [5.74, 6) is -1.97. The fraction of sp³-hybridized carbons (Fsp3) is 0.0909. The third-order valence-electron chi connectivity index (χ3n) is 4.80. The summed E-state index contributed by atoms with van der Waals surface area (Å²) >= 11 is 1.40. The molecule has 5 rings (SSSR count).